The quantitative estimate of drug-likeness (QED) is 0.788. The van der Waals surface area contributed by atoms with Gasteiger partial charge in [0.1, 0.15) is 0 Å². The molecule has 108 valence electrons. The van der Waals surface area contributed by atoms with Crippen molar-refractivity contribution in [2.45, 2.75) is 26.8 Å². The molecule has 3 rings (SSSR count). The lowest BCUT2D eigenvalue weighted by atomic mass is 10.2. The number of thiazole rings is 1. The van der Waals surface area contributed by atoms with E-state index in [0.717, 1.165) is 22.1 Å². The zero-order valence-corrected chi connectivity index (χ0v) is 13.2. The van der Waals surface area contributed by atoms with Gasteiger partial charge >= 0.3 is 0 Å². The Hall–Kier alpha value is -2.14. The lowest BCUT2D eigenvalue weighted by molar-refractivity contribution is 0.834. The molecule has 0 aliphatic carbocycles. The van der Waals surface area contributed by atoms with Gasteiger partial charge in [-0.15, -0.1) is 11.3 Å². The van der Waals surface area contributed by atoms with Crippen LogP contribution in [-0.2, 0) is 0 Å². The number of aromatic nitrogens is 3. The maximum Gasteiger partial charge on any atom is 0.0992 e. The number of nitrogens with zero attached hydrogens (tertiary/aromatic N) is 3. The minimum absolute atomic E-state index is 0.166. The van der Waals surface area contributed by atoms with Gasteiger partial charge < -0.3 is 9.88 Å². The summed E-state index contributed by atoms with van der Waals surface area (Å²) in [7, 11) is 0. The Morgan fingerprint density at radius 2 is 2.05 bits per heavy atom. The van der Waals surface area contributed by atoms with Gasteiger partial charge in [-0.25, -0.2) is 9.97 Å². The van der Waals surface area contributed by atoms with Crippen LogP contribution in [0.4, 0.5) is 5.69 Å². The van der Waals surface area contributed by atoms with Crippen molar-refractivity contribution in [1.29, 1.82) is 0 Å². The molecule has 4 nitrogen and oxygen atoms in total. The molecule has 1 N–H and O–H groups in total. The van der Waals surface area contributed by atoms with Crippen LogP contribution in [0.2, 0.25) is 0 Å². The van der Waals surface area contributed by atoms with Gasteiger partial charge in [0.15, 0.2) is 0 Å². The van der Waals surface area contributed by atoms with E-state index in [2.05, 4.69) is 41.3 Å². The summed E-state index contributed by atoms with van der Waals surface area (Å²) in [5.74, 6) is 0. The first-order valence-corrected chi connectivity index (χ1v) is 7.74. The Morgan fingerprint density at radius 3 is 2.71 bits per heavy atom. The maximum absolute atomic E-state index is 4.64. The van der Waals surface area contributed by atoms with E-state index in [0.29, 0.717) is 0 Å². The topological polar surface area (TPSA) is 42.7 Å². The summed E-state index contributed by atoms with van der Waals surface area (Å²) < 4.78 is 2.01. The van der Waals surface area contributed by atoms with Crippen molar-refractivity contribution in [3.05, 3.63) is 58.6 Å². The Morgan fingerprint density at radius 1 is 1.24 bits per heavy atom. The molecule has 0 saturated heterocycles. The largest absolute Gasteiger partial charge is 0.375 e. The van der Waals surface area contributed by atoms with Crippen molar-refractivity contribution in [2.75, 3.05) is 5.32 Å². The third-order valence-electron chi connectivity index (χ3n) is 3.41. The number of rotatable bonds is 4. The van der Waals surface area contributed by atoms with E-state index in [-0.39, 0.29) is 6.04 Å². The highest BCUT2D eigenvalue weighted by atomic mass is 32.1. The summed E-state index contributed by atoms with van der Waals surface area (Å²) in [5.41, 5.74) is 3.29. The Kier molecular flexibility index (Phi) is 3.75. The van der Waals surface area contributed by atoms with Crippen LogP contribution in [0, 0.1) is 13.8 Å². The number of hydrogen-bond donors (Lipinski definition) is 1. The van der Waals surface area contributed by atoms with Gasteiger partial charge in [0.2, 0.25) is 0 Å². The van der Waals surface area contributed by atoms with Gasteiger partial charge in [-0.3, -0.25) is 0 Å². The predicted molar refractivity (Wildman–Crippen MR) is 87.2 cm³/mol. The molecular weight excluding hydrogens is 280 g/mol. The summed E-state index contributed by atoms with van der Waals surface area (Å²) in [6.45, 7) is 6.32. The second-order valence-electron chi connectivity index (χ2n) is 5.03. The normalized spacial score (nSPS) is 12.3. The van der Waals surface area contributed by atoms with Crippen LogP contribution in [-0.4, -0.2) is 14.5 Å². The molecule has 21 heavy (non-hydrogen) atoms. The summed E-state index contributed by atoms with van der Waals surface area (Å²) in [4.78, 5) is 10.0. The lowest BCUT2D eigenvalue weighted by Gasteiger charge is -2.17. The smallest absolute Gasteiger partial charge is 0.0992 e. The molecule has 0 amide bonds. The molecule has 0 saturated carbocycles. The molecule has 3 aromatic rings. The highest BCUT2D eigenvalue weighted by Gasteiger charge is 2.14. The summed E-state index contributed by atoms with van der Waals surface area (Å²) in [6.07, 6.45) is 5.54. The van der Waals surface area contributed by atoms with Gasteiger partial charge in [0, 0.05) is 17.3 Å². The van der Waals surface area contributed by atoms with Gasteiger partial charge in [-0.1, -0.05) is 12.1 Å². The average molecular weight is 298 g/mol. The van der Waals surface area contributed by atoms with E-state index < -0.39 is 0 Å². The van der Waals surface area contributed by atoms with Gasteiger partial charge in [-0.2, -0.15) is 0 Å². The van der Waals surface area contributed by atoms with Crippen molar-refractivity contribution >= 4 is 17.0 Å². The lowest BCUT2D eigenvalue weighted by Crippen LogP contribution is -2.10. The monoisotopic (exact) mass is 298 g/mol. The van der Waals surface area contributed by atoms with Crippen LogP contribution in [0.3, 0.4) is 0 Å². The van der Waals surface area contributed by atoms with E-state index in [1.165, 1.54) is 4.88 Å². The Bertz CT molecular complexity index is 731. The molecule has 0 bridgehead atoms. The van der Waals surface area contributed by atoms with Crippen molar-refractivity contribution in [3.63, 3.8) is 0 Å². The number of imidazole rings is 1. The molecule has 5 heteroatoms. The summed E-state index contributed by atoms with van der Waals surface area (Å²) >= 11 is 1.74. The molecule has 0 spiro atoms. The van der Waals surface area contributed by atoms with Gasteiger partial charge in [0.05, 0.1) is 34.4 Å². The van der Waals surface area contributed by atoms with Gasteiger partial charge in [-0.05, 0) is 32.9 Å². The van der Waals surface area contributed by atoms with Crippen LogP contribution in [0.15, 0.2) is 43.0 Å². The molecule has 2 heterocycles. The minimum Gasteiger partial charge on any atom is -0.375 e. The predicted octanol–water partition coefficient (Wildman–Crippen LogP) is 4.12. The molecule has 0 fully saturated rings. The van der Waals surface area contributed by atoms with Crippen LogP contribution >= 0.6 is 11.3 Å². The van der Waals surface area contributed by atoms with Crippen molar-refractivity contribution in [1.82, 2.24) is 14.5 Å². The standard InChI is InChI=1S/C16H18N4S/c1-11(16-12(2)21-13(3)19-16)18-14-6-4-5-7-15(14)20-9-8-17-10-20/h4-11,18H,1-3H3. The Balaban J connectivity index is 1.90. The van der Waals surface area contributed by atoms with Crippen LogP contribution < -0.4 is 5.32 Å². The van der Waals surface area contributed by atoms with Crippen LogP contribution in [0.1, 0.15) is 28.5 Å². The minimum atomic E-state index is 0.166. The Labute approximate surface area is 128 Å². The fraction of sp³-hybridized carbons (Fsp3) is 0.250. The maximum atomic E-state index is 4.64. The third-order valence-corrected chi connectivity index (χ3v) is 4.31. The average Bonchev–Trinajstić information content (AvgIpc) is 3.09. The van der Waals surface area contributed by atoms with E-state index in [4.69, 9.17) is 0 Å². The molecule has 1 unspecified atom stereocenters. The SMILES string of the molecule is Cc1nc(C(C)Nc2ccccc2-n2ccnc2)c(C)s1. The number of benzene rings is 1. The molecule has 1 atom stereocenters. The first-order chi connectivity index (χ1) is 10.1. The highest BCUT2D eigenvalue weighted by molar-refractivity contribution is 7.11. The molecule has 2 aromatic heterocycles. The number of nitrogens with one attached hydrogen (secondary N) is 1. The number of anilines is 1. The van der Waals surface area contributed by atoms with Crippen molar-refractivity contribution in [3.8, 4) is 5.69 Å². The van der Waals surface area contributed by atoms with E-state index >= 15 is 0 Å². The van der Waals surface area contributed by atoms with Gasteiger partial charge in [0.25, 0.3) is 0 Å². The van der Waals surface area contributed by atoms with E-state index in [1.807, 2.05) is 36.1 Å². The highest BCUT2D eigenvalue weighted by Crippen LogP contribution is 2.28. The number of para-hydroxylation sites is 2. The van der Waals surface area contributed by atoms with Crippen LogP contribution in [0.25, 0.3) is 5.69 Å². The first kappa shape index (κ1) is 13.8. The van der Waals surface area contributed by atoms with E-state index in [1.54, 1.807) is 17.5 Å². The fourth-order valence-electron chi connectivity index (χ4n) is 2.47. The fourth-order valence-corrected chi connectivity index (χ4v) is 3.38. The molecule has 0 aliphatic rings. The zero-order valence-electron chi connectivity index (χ0n) is 12.4. The van der Waals surface area contributed by atoms with E-state index in [9.17, 15) is 0 Å². The molecule has 1 aromatic carbocycles. The van der Waals surface area contributed by atoms with Crippen molar-refractivity contribution < 1.29 is 0 Å². The van der Waals surface area contributed by atoms with Crippen LogP contribution in [0.5, 0.6) is 0 Å². The summed E-state index contributed by atoms with van der Waals surface area (Å²) in [6, 6.07) is 8.40. The second kappa shape index (κ2) is 5.69. The molecule has 0 aliphatic heterocycles. The second-order valence-corrected chi connectivity index (χ2v) is 6.43. The number of hydrogen-bond acceptors (Lipinski definition) is 4. The zero-order chi connectivity index (χ0) is 14.8. The van der Waals surface area contributed by atoms with Crippen molar-refractivity contribution in [2.24, 2.45) is 0 Å². The molecular formula is C16H18N4S. The molecule has 0 radical (unpaired) electrons. The summed E-state index contributed by atoms with van der Waals surface area (Å²) in [5, 5.41) is 4.67. The number of aryl methyl sites for hydroxylation is 2. The third kappa shape index (κ3) is 2.83. The first-order valence-electron chi connectivity index (χ1n) is 6.93.